The van der Waals surface area contributed by atoms with Gasteiger partial charge in [0.15, 0.2) is 0 Å². The van der Waals surface area contributed by atoms with E-state index in [9.17, 15) is 9.18 Å². The van der Waals surface area contributed by atoms with E-state index in [1.54, 1.807) is 19.1 Å². The number of carboxylic acids is 1. The number of hydrogen-bond donors (Lipinski definition) is 1. The zero-order valence-corrected chi connectivity index (χ0v) is 7.67. The highest BCUT2D eigenvalue weighted by Gasteiger charge is 1.99. The molecule has 0 radical (unpaired) electrons. The van der Waals surface area contributed by atoms with E-state index >= 15 is 0 Å². The normalized spacial score (nSPS) is 9.00. The Morgan fingerprint density at radius 1 is 1.57 bits per heavy atom. The van der Waals surface area contributed by atoms with Gasteiger partial charge in [-0.2, -0.15) is 0 Å². The second kappa shape index (κ2) is 4.43. The van der Waals surface area contributed by atoms with Crippen LogP contribution in [0.5, 0.6) is 0 Å². The molecule has 2 nitrogen and oxygen atoms in total. The fourth-order valence-electron chi connectivity index (χ4n) is 0.958. The van der Waals surface area contributed by atoms with Crippen LogP contribution in [0, 0.1) is 24.6 Å². The van der Waals surface area contributed by atoms with Gasteiger partial charge in [-0.3, -0.25) is 4.79 Å². The second-order valence-electron chi connectivity index (χ2n) is 2.78. The number of carboxylic acid groups (broad SMARTS) is 1. The number of rotatable bonds is 1. The molecule has 0 bridgehead atoms. The Labute approximate surface area is 81.4 Å². The van der Waals surface area contributed by atoms with Gasteiger partial charge < -0.3 is 5.11 Å². The van der Waals surface area contributed by atoms with Gasteiger partial charge in [0.25, 0.3) is 0 Å². The van der Waals surface area contributed by atoms with Crippen LogP contribution in [0.2, 0.25) is 0 Å². The van der Waals surface area contributed by atoms with Crippen molar-refractivity contribution in [2.45, 2.75) is 13.3 Å². The minimum absolute atomic E-state index is 0.226. The molecule has 0 saturated heterocycles. The number of benzene rings is 1. The molecule has 0 aliphatic heterocycles. The third-order valence-corrected chi connectivity index (χ3v) is 1.73. The molecule has 1 aromatic carbocycles. The minimum atomic E-state index is -0.980. The fraction of sp³-hybridized carbons (Fsp3) is 0.182. The average molecular weight is 192 g/mol. The van der Waals surface area contributed by atoms with E-state index < -0.39 is 5.97 Å². The zero-order valence-electron chi connectivity index (χ0n) is 7.67. The smallest absolute Gasteiger partial charge is 0.315 e. The molecular weight excluding hydrogens is 183 g/mol. The molecule has 0 heterocycles. The molecule has 0 amide bonds. The molecule has 0 aliphatic rings. The van der Waals surface area contributed by atoms with E-state index in [0.717, 1.165) is 0 Å². The molecule has 3 heteroatoms. The van der Waals surface area contributed by atoms with Crippen LogP contribution in [-0.4, -0.2) is 11.1 Å². The summed E-state index contributed by atoms with van der Waals surface area (Å²) >= 11 is 0. The van der Waals surface area contributed by atoms with Crippen LogP contribution in [0.25, 0.3) is 0 Å². The van der Waals surface area contributed by atoms with Gasteiger partial charge in [0.05, 0.1) is 0 Å². The monoisotopic (exact) mass is 192 g/mol. The van der Waals surface area contributed by atoms with Crippen molar-refractivity contribution < 1.29 is 14.3 Å². The van der Waals surface area contributed by atoms with Crippen LogP contribution in [-0.2, 0) is 4.79 Å². The van der Waals surface area contributed by atoms with Gasteiger partial charge >= 0.3 is 5.97 Å². The van der Waals surface area contributed by atoms with Crippen LogP contribution < -0.4 is 0 Å². The zero-order chi connectivity index (χ0) is 10.6. The SMILES string of the molecule is Cc1c(F)cccc1C#CCC(=O)O. The lowest BCUT2D eigenvalue weighted by molar-refractivity contribution is -0.135. The standard InChI is InChI=1S/C11H9FO2/c1-8-9(4-2-6-10(8)12)5-3-7-11(13)14/h2,4,6H,7H2,1H3,(H,13,14). The summed E-state index contributed by atoms with van der Waals surface area (Å²) in [6, 6.07) is 4.55. The van der Waals surface area contributed by atoms with Crippen molar-refractivity contribution in [3.8, 4) is 11.8 Å². The molecule has 0 unspecified atom stereocenters. The van der Waals surface area contributed by atoms with Crippen LogP contribution in [0.4, 0.5) is 4.39 Å². The number of aliphatic carboxylic acids is 1. The quantitative estimate of drug-likeness (QED) is 0.690. The molecular formula is C11H9FO2. The van der Waals surface area contributed by atoms with E-state index in [-0.39, 0.29) is 12.2 Å². The Morgan fingerprint density at radius 2 is 2.29 bits per heavy atom. The van der Waals surface area contributed by atoms with Crippen LogP contribution in [0.1, 0.15) is 17.5 Å². The highest BCUT2D eigenvalue weighted by molar-refractivity contribution is 5.70. The lowest BCUT2D eigenvalue weighted by Crippen LogP contribution is -1.91. The first kappa shape index (κ1) is 10.3. The molecule has 0 aromatic heterocycles. The topological polar surface area (TPSA) is 37.3 Å². The van der Waals surface area contributed by atoms with E-state index in [1.165, 1.54) is 6.07 Å². The molecule has 14 heavy (non-hydrogen) atoms. The number of halogens is 1. The van der Waals surface area contributed by atoms with Crippen molar-refractivity contribution >= 4 is 5.97 Å². The summed E-state index contributed by atoms with van der Waals surface area (Å²) in [5.74, 6) is 3.76. The van der Waals surface area contributed by atoms with Gasteiger partial charge in [-0.25, -0.2) is 4.39 Å². The van der Waals surface area contributed by atoms with E-state index in [0.29, 0.717) is 11.1 Å². The summed E-state index contributed by atoms with van der Waals surface area (Å²) in [5, 5.41) is 8.34. The summed E-state index contributed by atoms with van der Waals surface area (Å²) in [5.41, 5.74) is 0.983. The average Bonchev–Trinajstić information content (AvgIpc) is 2.12. The Kier molecular flexibility index (Phi) is 3.24. The van der Waals surface area contributed by atoms with Gasteiger partial charge in [-0.05, 0) is 19.1 Å². The molecule has 1 N–H and O–H groups in total. The summed E-state index contributed by atoms with van der Waals surface area (Å²) in [7, 11) is 0. The Hall–Kier alpha value is -1.82. The number of hydrogen-bond acceptors (Lipinski definition) is 1. The van der Waals surface area contributed by atoms with Crippen LogP contribution in [0.15, 0.2) is 18.2 Å². The molecule has 72 valence electrons. The van der Waals surface area contributed by atoms with Gasteiger partial charge in [0, 0.05) is 11.1 Å². The van der Waals surface area contributed by atoms with Crippen LogP contribution in [0.3, 0.4) is 0 Å². The number of carbonyl (C=O) groups is 1. The summed E-state index contributed by atoms with van der Waals surface area (Å²) < 4.78 is 13.0. The summed E-state index contributed by atoms with van der Waals surface area (Å²) in [6.45, 7) is 1.61. The molecule has 0 spiro atoms. The molecule has 0 fully saturated rings. The predicted molar refractivity (Wildman–Crippen MR) is 50.3 cm³/mol. The first-order valence-corrected chi connectivity index (χ1v) is 4.07. The van der Waals surface area contributed by atoms with Crippen molar-refractivity contribution in [3.63, 3.8) is 0 Å². The van der Waals surface area contributed by atoms with Crippen molar-refractivity contribution in [2.24, 2.45) is 0 Å². The maximum Gasteiger partial charge on any atom is 0.315 e. The lowest BCUT2D eigenvalue weighted by atomic mass is 10.1. The third kappa shape index (κ3) is 2.60. The molecule has 0 saturated carbocycles. The summed E-state index contributed by atoms with van der Waals surface area (Å²) in [4.78, 5) is 10.2. The highest BCUT2D eigenvalue weighted by Crippen LogP contribution is 2.10. The summed E-state index contributed by atoms with van der Waals surface area (Å²) in [6.07, 6.45) is -0.226. The maximum atomic E-state index is 13.0. The third-order valence-electron chi connectivity index (χ3n) is 1.73. The van der Waals surface area contributed by atoms with Crippen LogP contribution >= 0.6 is 0 Å². The van der Waals surface area contributed by atoms with Crippen molar-refractivity contribution in [1.82, 2.24) is 0 Å². The van der Waals surface area contributed by atoms with E-state index in [4.69, 9.17) is 5.11 Å². The van der Waals surface area contributed by atoms with E-state index in [1.807, 2.05) is 0 Å². The highest BCUT2D eigenvalue weighted by atomic mass is 19.1. The van der Waals surface area contributed by atoms with Gasteiger partial charge in [-0.15, -0.1) is 0 Å². The molecule has 0 atom stereocenters. The van der Waals surface area contributed by atoms with Gasteiger partial charge in [0.2, 0.25) is 0 Å². The van der Waals surface area contributed by atoms with Crippen molar-refractivity contribution in [1.29, 1.82) is 0 Å². The Bertz CT molecular complexity index is 413. The molecule has 1 rings (SSSR count). The van der Waals surface area contributed by atoms with Crippen molar-refractivity contribution in [3.05, 3.63) is 35.1 Å². The predicted octanol–water partition coefficient (Wildman–Crippen LogP) is 1.96. The molecule has 1 aromatic rings. The van der Waals surface area contributed by atoms with Gasteiger partial charge in [0.1, 0.15) is 12.2 Å². The first-order valence-electron chi connectivity index (χ1n) is 4.07. The molecule has 0 aliphatic carbocycles. The largest absolute Gasteiger partial charge is 0.481 e. The first-order chi connectivity index (χ1) is 6.61. The Morgan fingerprint density at radius 3 is 2.93 bits per heavy atom. The fourth-order valence-corrected chi connectivity index (χ4v) is 0.958. The van der Waals surface area contributed by atoms with Crippen molar-refractivity contribution in [2.75, 3.05) is 0 Å². The van der Waals surface area contributed by atoms with Gasteiger partial charge in [-0.1, -0.05) is 17.9 Å². The minimum Gasteiger partial charge on any atom is -0.481 e. The maximum absolute atomic E-state index is 13.0. The van der Waals surface area contributed by atoms with E-state index in [2.05, 4.69) is 11.8 Å². The lowest BCUT2D eigenvalue weighted by Gasteiger charge is -1.97. The Balaban J connectivity index is 2.90. The second-order valence-corrected chi connectivity index (χ2v) is 2.78.